The van der Waals surface area contributed by atoms with Gasteiger partial charge in [0.05, 0.1) is 5.69 Å². The number of halogens is 1. The van der Waals surface area contributed by atoms with Gasteiger partial charge in [-0.1, -0.05) is 12.1 Å². The maximum absolute atomic E-state index is 13.1. The van der Waals surface area contributed by atoms with Gasteiger partial charge in [0, 0.05) is 11.8 Å². The fraction of sp³-hybridized carbons (Fsp3) is 0. The van der Waals surface area contributed by atoms with Crippen molar-refractivity contribution < 1.29 is 4.39 Å². The zero-order chi connectivity index (χ0) is 8.39. The molecule has 1 heterocycles. The van der Waals surface area contributed by atoms with Crippen molar-refractivity contribution in [1.82, 2.24) is 10.2 Å². The first-order valence-corrected chi connectivity index (χ1v) is 3.54. The fourth-order valence-electron chi connectivity index (χ4n) is 1.02. The van der Waals surface area contributed by atoms with Crippen molar-refractivity contribution in [2.24, 2.45) is 0 Å². The van der Waals surface area contributed by atoms with Crippen molar-refractivity contribution in [1.29, 1.82) is 0 Å². The third-order valence-electron chi connectivity index (χ3n) is 1.58. The van der Waals surface area contributed by atoms with Crippen LogP contribution in [0.2, 0.25) is 0 Å². The summed E-state index contributed by atoms with van der Waals surface area (Å²) in [5.41, 5.74) is 1.07. The van der Waals surface area contributed by atoms with Gasteiger partial charge in [-0.25, -0.2) is 4.39 Å². The summed E-state index contributed by atoms with van der Waals surface area (Å²) in [5, 5.41) is 6.40. The van der Waals surface area contributed by atoms with E-state index in [1.54, 1.807) is 24.4 Å². The van der Waals surface area contributed by atoms with Crippen LogP contribution >= 0.6 is 0 Å². The molecular weight excluding hydrogens is 155 g/mol. The molecule has 0 saturated heterocycles. The molecule has 0 saturated carbocycles. The normalized spacial score (nSPS) is 10.1. The summed E-state index contributed by atoms with van der Waals surface area (Å²) in [7, 11) is 0. The van der Waals surface area contributed by atoms with E-state index in [9.17, 15) is 4.39 Å². The summed E-state index contributed by atoms with van der Waals surface area (Å²) in [6.07, 6.45) is 1.58. The number of nitrogens with one attached hydrogen (secondary N) is 1. The van der Waals surface area contributed by atoms with E-state index in [2.05, 4.69) is 16.3 Å². The van der Waals surface area contributed by atoms with E-state index in [0.717, 1.165) is 0 Å². The minimum Gasteiger partial charge on any atom is -0.278 e. The Morgan fingerprint density at radius 3 is 3.00 bits per heavy atom. The molecule has 0 aliphatic rings. The lowest BCUT2D eigenvalue weighted by atomic mass is 10.1. The molecule has 1 radical (unpaired) electrons. The molecule has 0 amide bonds. The first-order chi connectivity index (χ1) is 5.88. The number of hydrogen-bond donors (Lipinski definition) is 1. The molecule has 1 aromatic carbocycles. The van der Waals surface area contributed by atoms with E-state index < -0.39 is 0 Å². The Kier molecular flexibility index (Phi) is 1.63. The number of H-pyrrole nitrogens is 1. The highest BCUT2D eigenvalue weighted by atomic mass is 19.1. The van der Waals surface area contributed by atoms with Crippen molar-refractivity contribution in [2.75, 3.05) is 0 Å². The van der Waals surface area contributed by atoms with Crippen molar-refractivity contribution in [3.05, 3.63) is 42.3 Å². The second-order valence-electron chi connectivity index (χ2n) is 2.36. The van der Waals surface area contributed by atoms with Gasteiger partial charge in [0.15, 0.2) is 0 Å². The van der Waals surface area contributed by atoms with E-state index >= 15 is 0 Å². The Balaban J connectivity index is 2.55. The molecule has 59 valence electrons. The van der Waals surface area contributed by atoms with E-state index in [0.29, 0.717) is 11.3 Å². The summed E-state index contributed by atoms with van der Waals surface area (Å²) in [4.78, 5) is 0. The van der Waals surface area contributed by atoms with E-state index in [-0.39, 0.29) is 5.82 Å². The standard InChI is InChI=1S/C9H6FN2/c10-8-4-2-1-3-7(8)9-5-6-11-12-9/h1-2,4-6H,(H,11,12). The summed E-state index contributed by atoms with van der Waals surface area (Å²) in [6, 6.07) is 9.16. The van der Waals surface area contributed by atoms with E-state index in [1.807, 2.05) is 0 Å². The smallest absolute Gasteiger partial charge is 0.133 e. The monoisotopic (exact) mass is 161 g/mol. The number of aromatic nitrogens is 2. The lowest BCUT2D eigenvalue weighted by Crippen LogP contribution is -1.83. The minimum absolute atomic E-state index is 0.290. The SMILES string of the molecule is Fc1ccc[c]c1-c1ccn[nH]1. The predicted octanol–water partition coefficient (Wildman–Crippen LogP) is 2.02. The van der Waals surface area contributed by atoms with Crippen LogP contribution in [0.25, 0.3) is 11.3 Å². The van der Waals surface area contributed by atoms with Gasteiger partial charge in [-0.05, 0) is 18.2 Å². The average Bonchev–Trinajstić information content (AvgIpc) is 2.57. The number of benzene rings is 1. The van der Waals surface area contributed by atoms with Crippen LogP contribution in [0, 0.1) is 11.9 Å². The first-order valence-electron chi connectivity index (χ1n) is 3.54. The van der Waals surface area contributed by atoms with Gasteiger partial charge in [0.1, 0.15) is 5.82 Å². The molecule has 0 fully saturated rings. The van der Waals surface area contributed by atoms with Crippen LogP contribution in [0.4, 0.5) is 4.39 Å². The van der Waals surface area contributed by atoms with Gasteiger partial charge >= 0.3 is 0 Å². The summed E-state index contributed by atoms with van der Waals surface area (Å²) >= 11 is 0. The molecule has 0 bridgehead atoms. The third kappa shape index (κ3) is 1.09. The van der Waals surface area contributed by atoms with Crippen LogP contribution < -0.4 is 0 Å². The Morgan fingerprint density at radius 2 is 2.33 bits per heavy atom. The van der Waals surface area contributed by atoms with Crippen molar-refractivity contribution >= 4 is 0 Å². The quantitative estimate of drug-likeness (QED) is 0.681. The zero-order valence-corrected chi connectivity index (χ0v) is 6.21. The maximum Gasteiger partial charge on any atom is 0.133 e. The molecule has 1 aromatic heterocycles. The van der Waals surface area contributed by atoms with E-state index in [1.165, 1.54) is 6.07 Å². The van der Waals surface area contributed by atoms with Crippen LogP contribution in [-0.4, -0.2) is 10.2 Å². The van der Waals surface area contributed by atoms with Gasteiger partial charge in [-0.15, -0.1) is 0 Å². The molecular formula is C9H6FN2. The van der Waals surface area contributed by atoms with Crippen molar-refractivity contribution in [2.45, 2.75) is 0 Å². The Hall–Kier alpha value is -1.64. The van der Waals surface area contributed by atoms with Gasteiger partial charge in [0.25, 0.3) is 0 Å². The van der Waals surface area contributed by atoms with Gasteiger partial charge in [-0.2, -0.15) is 5.10 Å². The largest absolute Gasteiger partial charge is 0.278 e. The molecule has 3 heteroatoms. The second kappa shape index (κ2) is 2.77. The zero-order valence-electron chi connectivity index (χ0n) is 6.21. The third-order valence-corrected chi connectivity index (χ3v) is 1.58. The van der Waals surface area contributed by atoms with Crippen LogP contribution in [-0.2, 0) is 0 Å². The minimum atomic E-state index is -0.290. The van der Waals surface area contributed by atoms with Crippen LogP contribution in [0.15, 0.2) is 30.5 Å². The van der Waals surface area contributed by atoms with Crippen LogP contribution in [0.1, 0.15) is 0 Å². The van der Waals surface area contributed by atoms with Crippen LogP contribution in [0.3, 0.4) is 0 Å². The molecule has 0 spiro atoms. The number of rotatable bonds is 1. The van der Waals surface area contributed by atoms with Gasteiger partial charge in [-0.3, -0.25) is 5.10 Å². The van der Waals surface area contributed by atoms with Gasteiger partial charge in [0.2, 0.25) is 0 Å². The lowest BCUT2D eigenvalue weighted by Gasteiger charge is -1.96. The molecule has 2 aromatic rings. The van der Waals surface area contributed by atoms with Crippen molar-refractivity contribution in [3.63, 3.8) is 0 Å². The summed E-state index contributed by atoms with van der Waals surface area (Å²) in [6.45, 7) is 0. The number of nitrogens with zero attached hydrogens (tertiary/aromatic N) is 1. The van der Waals surface area contributed by atoms with E-state index in [4.69, 9.17) is 0 Å². The van der Waals surface area contributed by atoms with Gasteiger partial charge < -0.3 is 0 Å². The first kappa shape index (κ1) is 7.03. The topological polar surface area (TPSA) is 28.7 Å². The average molecular weight is 161 g/mol. The highest BCUT2D eigenvalue weighted by Crippen LogP contribution is 2.18. The molecule has 2 rings (SSSR count). The summed E-state index contributed by atoms with van der Waals surface area (Å²) < 4.78 is 13.1. The van der Waals surface area contributed by atoms with Crippen LogP contribution in [0.5, 0.6) is 0 Å². The Bertz CT molecular complexity index is 368. The van der Waals surface area contributed by atoms with Crippen molar-refractivity contribution in [3.8, 4) is 11.3 Å². The second-order valence-corrected chi connectivity index (χ2v) is 2.36. The molecule has 0 atom stereocenters. The fourth-order valence-corrected chi connectivity index (χ4v) is 1.02. The maximum atomic E-state index is 13.1. The molecule has 0 aliphatic heterocycles. The molecule has 12 heavy (non-hydrogen) atoms. The summed E-state index contributed by atoms with van der Waals surface area (Å²) in [5.74, 6) is -0.290. The highest BCUT2D eigenvalue weighted by molar-refractivity contribution is 5.58. The molecule has 1 N–H and O–H groups in total. The number of aromatic amines is 1. The molecule has 0 unspecified atom stereocenters. The predicted molar refractivity (Wildman–Crippen MR) is 42.8 cm³/mol. The Labute approximate surface area is 69.1 Å². The lowest BCUT2D eigenvalue weighted by molar-refractivity contribution is 0.630. The molecule has 2 nitrogen and oxygen atoms in total. The Morgan fingerprint density at radius 1 is 1.42 bits per heavy atom. The number of hydrogen-bond acceptors (Lipinski definition) is 1. The molecule has 0 aliphatic carbocycles. The highest BCUT2D eigenvalue weighted by Gasteiger charge is 2.03.